The molecular formula is C16H20N2O2S. The Morgan fingerprint density at radius 3 is 3.14 bits per heavy atom. The molecule has 0 amide bonds. The summed E-state index contributed by atoms with van der Waals surface area (Å²) in [4.78, 5) is 5.99. The molecule has 1 N–H and O–H groups in total. The average molecular weight is 304 g/mol. The van der Waals surface area contributed by atoms with Crippen molar-refractivity contribution >= 4 is 17.0 Å². The first-order valence-electron chi connectivity index (χ1n) is 7.17. The van der Waals surface area contributed by atoms with Crippen LogP contribution >= 0.6 is 11.3 Å². The lowest BCUT2D eigenvalue weighted by Gasteiger charge is -2.25. The standard InChI is InChI=1S/C16H20N2O2S/c1-10-9-17-13-8-12(4-5-14(13)20-10)16-11(2)21-15(18-16)6-7-19-3/h4-5,8,10,17H,6-7,9H2,1-3H3. The number of aromatic nitrogens is 1. The summed E-state index contributed by atoms with van der Waals surface area (Å²) in [7, 11) is 1.72. The summed E-state index contributed by atoms with van der Waals surface area (Å²) < 4.78 is 10.9. The molecule has 0 bridgehead atoms. The maximum absolute atomic E-state index is 5.81. The highest BCUT2D eigenvalue weighted by Gasteiger charge is 2.17. The number of hydrogen-bond donors (Lipinski definition) is 1. The minimum atomic E-state index is 0.213. The van der Waals surface area contributed by atoms with Gasteiger partial charge < -0.3 is 14.8 Å². The van der Waals surface area contributed by atoms with Crippen molar-refractivity contribution < 1.29 is 9.47 Å². The number of thiazole rings is 1. The van der Waals surface area contributed by atoms with E-state index in [2.05, 4.69) is 31.3 Å². The van der Waals surface area contributed by atoms with Gasteiger partial charge in [-0.25, -0.2) is 4.98 Å². The number of benzene rings is 1. The number of nitrogens with zero attached hydrogens (tertiary/aromatic N) is 1. The number of fused-ring (bicyclic) bond motifs is 1. The molecule has 21 heavy (non-hydrogen) atoms. The molecule has 2 aromatic rings. The highest BCUT2D eigenvalue weighted by molar-refractivity contribution is 7.12. The van der Waals surface area contributed by atoms with Crippen LogP contribution < -0.4 is 10.1 Å². The second-order valence-corrected chi connectivity index (χ2v) is 6.56. The van der Waals surface area contributed by atoms with E-state index >= 15 is 0 Å². The Balaban J connectivity index is 1.88. The number of rotatable bonds is 4. The van der Waals surface area contributed by atoms with Crippen molar-refractivity contribution in [3.05, 3.63) is 28.1 Å². The van der Waals surface area contributed by atoms with Gasteiger partial charge in [0.05, 0.1) is 29.5 Å². The van der Waals surface area contributed by atoms with Gasteiger partial charge in [-0.05, 0) is 32.0 Å². The van der Waals surface area contributed by atoms with Gasteiger partial charge in [-0.1, -0.05) is 0 Å². The van der Waals surface area contributed by atoms with E-state index in [0.29, 0.717) is 6.61 Å². The molecular weight excluding hydrogens is 284 g/mol. The van der Waals surface area contributed by atoms with E-state index in [1.165, 1.54) is 4.88 Å². The maximum atomic E-state index is 5.81. The lowest BCUT2D eigenvalue weighted by atomic mass is 10.1. The first kappa shape index (κ1) is 14.4. The topological polar surface area (TPSA) is 43.4 Å². The van der Waals surface area contributed by atoms with Gasteiger partial charge in [-0.3, -0.25) is 0 Å². The van der Waals surface area contributed by atoms with E-state index in [9.17, 15) is 0 Å². The average Bonchev–Trinajstić information content (AvgIpc) is 2.85. The summed E-state index contributed by atoms with van der Waals surface area (Å²) >= 11 is 1.74. The van der Waals surface area contributed by atoms with Gasteiger partial charge in [0.1, 0.15) is 11.9 Å². The van der Waals surface area contributed by atoms with Gasteiger partial charge in [0.25, 0.3) is 0 Å². The fourth-order valence-electron chi connectivity index (χ4n) is 2.45. The molecule has 1 aliphatic rings. The van der Waals surface area contributed by atoms with Crippen molar-refractivity contribution in [1.29, 1.82) is 0 Å². The van der Waals surface area contributed by atoms with Gasteiger partial charge >= 0.3 is 0 Å². The van der Waals surface area contributed by atoms with Gasteiger partial charge in [-0.15, -0.1) is 11.3 Å². The highest BCUT2D eigenvalue weighted by Crippen LogP contribution is 2.35. The van der Waals surface area contributed by atoms with E-state index < -0.39 is 0 Å². The summed E-state index contributed by atoms with van der Waals surface area (Å²) in [5.74, 6) is 0.921. The predicted octanol–water partition coefficient (Wildman–Crippen LogP) is 3.50. The van der Waals surface area contributed by atoms with Crippen molar-refractivity contribution in [2.45, 2.75) is 26.4 Å². The Labute approximate surface area is 129 Å². The van der Waals surface area contributed by atoms with Crippen LogP contribution in [0.3, 0.4) is 0 Å². The van der Waals surface area contributed by atoms with E-state index in [1.54, 1.807) is 18.4 Å². The fraction of sp³-hybridized carbons (Fsp3) is 0.438. The smallest absolute Gasteiger partial charge is 0.142 e. The molecule has 1 aromatic heterocycles. The summed E-state index contributed by atoms with van der Waals surface area (Å²) in [6.45, 7) is 5.74. The zero-order valence-corrected chi connectivity index (χ0v) is 13.4. The Morgan fingerprint density at radius 1 is 1.48 bits per heavy atom. The molecule has 1 atom stereocenters. The zero-order valence-electron chi connectivity index (χ0n) is 12.6. The molecule has 3 rings (SSSR count). The van der Waals surface area contributed by atoms with Gasteiger partial charge in [0, 0.05) is 24.0 Å². The van der Waals surface area contributed by atoms with Crippen LogP contribution in [0.4, 0.5) is 5.69 Å². The predicted molar refractivity (Wildman–Crippen MR) is 86.4 cm³/mol. The normalized spacial score (nSPS) is 17.0. The minimum absolute atomic E-state index is 0.213. The summed E-state index contributed by atoms with van der Waals surface area (Å²) in [6, 6.07) is 6.24. The molecule has 0 fully saturated rings. The SMILES string of the molecule is COCCc1nc(-c2ccc3c(c2)NCC(C)O3)c(C)s1. The second-order valence-electron chi connectivity index (χ2n) is 5.28. The molecule has 1 aliphatic heterocycles. The third-order valence-corrected chi connectivity index (χ3v) is 4.55. The Morgan fingerprint density at radius 2 is 2.33 bits per heavy atom. The Hall–Kier alpha value is -1.59. The van der Waals surface area contributed by atoms with Crippen molar-refractivity contribution in [2.24, 2.45) is 0 Å². The second kappa shape index (κ2) is 6.03. The van der Waals surface area contributed by atoms with Crippen LogP contribution in [0, 0.1) is 6.92 Å². The monoisotopic (exact) mass is 304 g/mol. The quantitative estimate of drug-likeness (QED) is 0.939. The molecule has 0 saturated heterocycles. The lowest BCUT2D eigenvalue weighted by Crippen LogP contribution is -2.27. The molecule has 2 heterocycles. The van der Waals surface area contributed by atoms with E-state index in [4.69, 9.17) is 14.5 Å². The number of ether oxygens (including phenoxy) is 2. The molecule has 5 heteroatoms. The number of hydrogen-bond acceptors (Lipinski definition) is 5. The summed E-state index contributed by atoms with van der Waals surface area (Å²) in [5, 5.41) is 4.54. The molecule has 112 valence electrons. The molecule has 0 spiro atoms. The number of aryl methyl sites for hydroxylation is 1. The Bertz CT molecular complexity index is 639. The summed E-state index contributed by atoms with van der Waals surface area (Å²) in [5.41, 5.74) is 3.25. The third kappa shape index (κ3) is 3.04. The largest absolute Gasteiger partial charge is 0.487 e. The molecule has 1 unspecified atom stereocenters. The molecule has 0 saturated carbocycles. The molecule has 0 aliphatic carbocycles. The number of nitrogens with one attached hydrogen (secondary N) is 1. The van der Waals surface area contributed by atoms with Gasteiger partial charge in [-0.2, -0.15) is 0 Å². The van der Waals surface area contributed by atoms with Gasteiger partial charge in [0.15, 0.2) is 0 Å². The molecule has 0 radical (unpaired) electrons. The van der Waals surface area contributed by atoms with Crippen LogP contribution in [0.1, 0.15) is 16.8 Å². The molecule has 1 aromatic carbocycles. The Kier molecular flexibility index (Phi) is 4.12. The van der Waals surface area contributed by atoms with E-state index in [0.717, 1.165) is 40.7 Å². The summed E-state index contributed by atoms with van der Waals surface area (Å²) in [6.07, 6.45) is 1.08. The number of anilines is 1. The van der Waals surface area contributed by atoms with Crippen molar-refractivity contribution in [3.8, 4) is 17.0 Å². The van der Waals surface area contributed by atoms with Crippen molar-refractivity contribution in [3.63, 3.8) is 0 Å². The lowest BCUT2D eigenvalue weighted by molar-refractivity contribution is 0.202. The first-order valence-corrected chi connectivity index (χ1v) is 7.99. The van der Waals surface area contributed by atoms with E-state index in [1.807, 2.05) is 6.07 Å². The molecule has 4 nitrogen and oxygen atoms in total. The van der Waals surface area contributed by atoms with Crippen LogP contribution in [0.25, 0.3) is 11.3 Å². The fourth-order valence-corrected chi connectivity index (χ4v) is 3.38. The first-order chi connectivity index (χ1) is 10.2. The minimum Gasteiger partial charge on any atom is -0.487 e. The van der Waals surface area contributed by atoms with Crippen LogP contribution in [0.2, 0.25) is 0 Å². The third-order valence-electron chi connectivity index (χ3n) is 3.52. The van der Waals surface area contributed by atoms with Gasteiger partial charge in [0.2, 0.25) is 0 Å². The van der Waals surface area contributed by atoms with Crippen LogP contribution in [0.5, 0.6) is 5.75 Å². The maximum Gasteiger partial charge on any atom is 0.142 e. The van der Waals surface area contributed by atoms with Crippen molar-refractivity contribution in [2.75, 3.05) is 25.6 Å². The van der Waals surface area contributed by atoms with Crippen LogP contribution in [0.15, 0.2) is 18.2 Å². The highest BCUT2D eigenvalue weighted by atomic mass is 32.1. The van der Waals surface area contributed by atoms with Crippen LogP contribution in [-0.2, 0) is 11.2 Å². The van der Waals surface area contributed by atoms with Crippen molar-refractivity contribution in [1.82, 2.24) is 4.98 Å². The van der Waals surface area contributed by atoms with E-state index in [-0.39, 0.29) is 6.10 Å². The number of methoxy groups -OCH3 is 1. The van der Waals surface area contributed by atoms with Crippen LogP contribution in [-0.4, -0.2) is 31.3 Å². The zero-order chi connectivity index (χ0) is 14.8.